The van der Waals surface area contributed by atoms with Crippen molar-refractivity contribution in [3.8, 4) is 0 Å². The van der Waals surface area contributed by atoms with E-state index in [1.165, 1.54) is 4.90 Å². The van der Waals surface area contributed by atoms with Crippen LogP contribution in [0.25, 0.3) is 0 Å². The molecular formula is C30H29F8NO5S. The molecular weight excluding hydrogens is 638 g/mol. The normalized spacial score (nSPS) is 25.9. The van der Waals surface area contributed by atoms with Gasteiger partial charge in [0.15, 0.2) is 9.84 Å². The van der Waals surface area contributed by atoms with Gasteiger partial charge >= 0.3 is 24.0 Å². The third-order valence-electron chi connectivity index (χ3n) is 9.70. The molecule has 2 atom stereocenters. The van der Waals surface area contributed by atoms with Crippen LogP contribution in [0.4, 0.5) is 35.1 Å². The minimum absolute atomic E-state index is 0.124. The Kier molecular flexibility index (Phi) is 8.06. The van der Waals surface area contributed by atoms with Crippen LogP contribution in [0.1, 0.15) is 60.8 Å². The zero-order valence-electron chi connectivity index (χ0n) is 23.8. The zero-order chi connectivity index (χ0) is 33.3. The highest BCUT2D eigenvalue weighted by Gasteiger charge is 2.74. The molecule has 1 saturated heterocycles. The maximum absolute atomic E-state index is 15.2. The molecule has 6 nitrogen and oxygen atoms in total. The molecule has 2 aromatic carbocycles. The van der Waals surface area contributed by atoms with E-state index in [9.17, 15) is 53.8 Å². The highest BCUT2D eigenvalue weighted by Crippen LogP contribution is 2.57. The molecule has 0 unspecified atom stereocenters. The number of carbonyl (C=O) groups is 2. The van der Waals surface area contributed by atoms with Crippen molar-refractivity contribution in [3.05, 3.63) is 64.5 Å². The maximum Gasteiger partial charge on any atom is 0.435 e. The number of alkyl halides is 7. The molecule has 1 saturated carbocycles. The Morgan fingerprint density at radius 2 is 1.44 bits per heavy atom. The molecule has 246 valence electrons. The molecule has 1 N–H and O–H groups in total. The summed E-state index contributed by atoms with van der Waals surface area (Å²) in [5, 5.41) is 9.32. The maximum atomic E-state index is 15.2. The number of aryl methyl sites for hydroxylation is 2. The summed E-state index contributed by atoms with van der Waals surface area (Å²) in [6, 6.07) is 3.93. The second kappa shape index (κ2) is 10.9. The summed E-state index contributed by atoms with van der Waals surface area (Å²) in [6.07, 6.45) is -12.5. The van der Waals surface area contributed by atoms with Gasteiger partial charge in [-0.25, -0.2) is 17.2 Å². The van der Waals surface area contributed by atoms with Gasteiger partial charge in [0.1, 0.15) is 10.6 Å². The first kappa shape index (κ1) is 33.1. The zero-order valence-corrected chi connectivity index (χ0v) is 24.6. The Balaban J connectivity index is 1.66. The molecule has 0 spiro atoms. The molecule has 1 amide bonds. The molecule has 45 heavy (non-hydrogen) atoms. The second-order valence-electron chi connectivity index (χ2n) is 12.0. The summed E-state index contributed by atoms with van der Waals surface area (Å²) in [7, 11) is -4.61. The van der Waals surface area contributed by atoms with Gasteiger partial charge in [0.2, 0.25) is 5.91 Å². The number of aliphatic carboxylic acids is 1. The van der Waals surface area contributed by atoms with Gasteiger partial charge in [-0.15, -0.1) is 0 Å². The predicted molar refractivity (Wildman–Crippen MR) is 143 cm³/mol. The van der Waals surface area contributed by atoms with Crippen molar-refractivity contribution < 1.29 is 58.2 Å². The monoisotopic (exact) mass is 667 g/mol. The van der Waals surface area contributed by atoms with Crippen molar-refractivity contribution in [1.29, 1.82) is 0 Å². The second-order valence-corrected chi connectivity index (χ2v) is 14.3. The first-order chi connectivity index (χ1) is 20.8. The summed E-state index contributed by atoms with van der Waals surface area (Å²) in [5.41, 5.74) is -8.58. The third-order valence-corrected chi connectivity index (χ3v) is 12.2. The minimum Gasteiger partial charge on any atom is -0.481 e. The Hall–Kier alpha value is -3.23. The first-order valence-electron chi connectivity index (χ1n) is 14.3. The third kappa shape index (κ3) is 4.99. The van der Waals surface area contributed by atoms with Crippen molar-refractivity contribution >= 4 is 21.7 Å². The lowest BCUT2D eigenvalue weighted by molar-refractivity contribution is -0.348. The lowest BCUT2D eigenvalue weighted by Gasteiger charge is -2.44. The van der Waals surface area contributed by atoms with E-state index in [2.05, 4.69) is 0 Å². The van der Waals surface area contributed by atoms with Crippen molar-refractivity contribution in [3.63, 3.8) is 0 Å². The average molecular weight is 668 g/mol. The summed E-state index contributed by atoms with van der Waals surface area (Å²) < 4.78 is 138. The van der Waals surface area contributed by atoms with Crippen LogP contribution in [0.3, 0.4) is 0 Å². The van der Waals surface area contributed by atoms with Crippen LogP contribution in [0.15, 0.2) is 41.3 Å². The average Bonchev–Trinajstić information content (AvgIpc) is 3.37. The van der Waals surface area contributed by atoms with Gasteiger partial charge in [0.05, 0.1) is 16.9 Å². The van der Waals surface area contributed by atoms with E-state index in [4.69, 9.17) is 0 Å². The van der Waals surface area contributed by atoms with E-state index in [1.807, 2.05) is 0 Å². The van der Waals surface area contributed by atoms with Gasteiger partial charge in [0, 0.05) is 18.0 Å². The molecule has 0 bridgehead atoms. The number of nitrogens with zero attached hydrogens (tertiary/aromatic N) is 1. The fourth-order valence-corrected chi connectivity index (χ4v) is 9.77. The minimum atomic E-state index is -6.38. The van der Waals surface area contributed by atoms with Crippen LogP contribution in [0, 0.1) is 24.6 Å². The summed E-state index contributed by atoms with van der Waals surface area (Å²) in [6.45, 7) is 0.711. The SMILES string of the molecule is Cc1cc2c(cc1C(F)(C(F)(F)F)C(F)(F)F)CC[C@H]1N(C(=O)[C@H]3CC[C@H](C(=O)O)CC3)CC[C@@]21S(=O)(=O)c1ccc(F)cc1. The molecule has 1 heterocycles. The lowest BCUT2D eigenvalue weighted by atomic mass is 9.75. The molecule has 0 radical (unpaired) electrons. The van der Waals surface area contributed by atoms with Gasteiger partial charge in [-0.1, -0.05) is 12.1 Å². The molecule has 2 aromatic rings. The van der Waals surface area contributed by atoms with Crippen molar-refractivity contribution in [2.45, 2.75) is 85.6 Å². The molecule has 5 rings (SSSR count). The van der Waals surface area contributed by atoms with Gasteiger partial charge in [-0.05, 0) is 92.8 Å². The highest BCUT2D eigenvalue weighted by atomic mass is 32.2. The van der Waals surface area contributed by atoms with Crippen LogP contribution >= 0.6 is 0 Å². The number of halogens is 8. The highest BCUT2D eigenvalue weighted by molar-refractivity contribution is 7.92. The number of hydrogen-bond donors (Lipinski definition) is 1. The van der Waals surface area contributed by atoms with Crippen LogP contribution < -0.4 is 0 Å². The Morgan fingerprint density at radius 1 is 0.889 bits per heavy atom. The van der Waals surface area contributed by atoms with Crippen LogP contribution in [-0.4, -0.2) is 55.2 Å². The molecule has 15 heteroatoms. The topological polar surface area (TPSA) is 91.8 Å². The van der Waals surface area contributed by atoms with Crippen molar-refractivity contribution in [2.75, 3.05) is 6.54 Å². The number of carboxylic acids is 1. The molecule has 0 aromatic heterocycles. The van der Waals surface area contributed by atoms with Crippen LogP contribution in [0.5, 0.6) is 0 Å². The molecule has 3 aliphatic rings. The van der Waals surface area contributed by atoms with E-state index in [-0.39, 0.29) is 67.5 Å². The van der Waals surface area contributed by atoms with Crippen molar-refractivity contribution in [2.24, 2.45) is 11.8 Å². The fraction of sp³-hybridized carbons (Fsp3) is 0.533. The number of benzene rings is 2. The van der Waals surface area contributed by atoms with Gasteiger partial charge in [-0.3, -0.25) is 9.59 Å². The number of amides is 1. The van der Waals surface area contributed by atoms with Gasteiger partial charge in [-0.2, -0.15) is 26.3 Å². The van der Waals surface area contributed by atoms with E-state index in [0.29, 0.717) is 6.07 Å². The number of likely N-dealkylation sites (tertiary alicyclic amines) is 1. The largest absolute Gasteiger partial charge is 0.481 e. The van der Waals surface area contributed by atoms with Crippen LogP contribution in [0.2, 0.25) is 0 Å². The molecule has 2 fully saturated rings. The lowest BCUT2D eigenvalue weighted by Crippen LogP contribution is -2.54. The van der Waals surface area contributed by atoms with E-state index in [1.54, 1.807) is 0 Å². The summed E-state index contributed by atoms with van der Waals surface area (Å²) in [5.74, 6) is -3.40. The fourth-order valence-electron chi connectivity index (χ4n) is 7.41. The smallest absolute Gasteiger partial charge is 0.435 e. The summed E-state index contributed by atoms with van der Waals surface area (Å²) in [4.78, 5) is 26.2. The number of hydrogen-bond acceptors (Lipinski definition) is 4. The van der Waals surface area contributed by atoms with E-state index in [0.717, 1.165) is 37.3 Å². The molecule has 2 aliphatic carbocycles. The first-order valence-corrected chi connectivity index (χ1v) is 15.8. The molecule has 1 aliphatic heterocycles. The number of fused-ring (bicyclic) bond motifs is 3. The summed E-state index contributed by atoms with van der Waals surface area (Å²) >= 11 is 0. The van der Waals surface area contributed by atoms with E-state index >= 15 is 4.39 Å². The van der Waals surface area contributed by atoms with Crippen molar-refractivity contribution in [1.82, 2.24) is 4.90 Å². The quantitative estimate of drug-likeness (QED) is 0.289. The van der Waals surface area contributed by atoms with E-state index < -0.39 is 79.3 Å². The van der Waals surface area contributed by atoms with Gasteiger partial charge in [0.25, 0.3) is 0 Å². The number of rotatable bonds is 5. The number of sulfone groups is 1. The Labute approximate surface area is 253 Å². The Bertz CT molecular complexity index is 1600. The van der Waals surface area contributed by atoms with Crippen LogP contribution in [-0.2, 0) is 36.3 Å². The van der Waals surface area contributed by atoms with Gasteiger partial charge < -0.3 is 10.0 Å². The predicted octanol–water partition coefficient (Wildman–Crippen LogP) is 6.53. The number of carbonyl (C=O) groups excluding carboxylic acids is 1. The number of carboxylic acid groups (broad SMARTS) is 1. The standard InChI is InChI=1S/C30H29F8NO5S/c1-16-14-23-19(15-22(16)28(32,29(33,34)35)30(36,37)38)6-11-24-27(23,45(43,44)21-9-7-20(31)8-10-21)12-13-39(24)25(40)17-2-4-18(5-3-17)26(41)42/h7-10,14-15,17-18,24H,2-6,11-13H2,1H3,(H,41,42)/t17-,18-,24-,27-/m1/s1. The Morgan fingerprint density at radius 3 is 1.98 bits per heavy atom.